The maximum absolute atomic E-state index is 5.86. The average molecular weight is 265 g/mol. The van der Waals surface area contributed by atoms with Crippen LogP contribution >= 0.6 is 0 Å². The second-order valence-electron chi connectivity index (χ2n) is 4.97. The van der Waals surface area contributed by atoms with E-state index in [2.05, 4.69) is 0 Å². The Hall–Kier alpha value is -1.26. The highest BCUT2D eigenvalue weighted by Crippen LogP contribution is 2.30. The lowest BCUT2D eigenvalue weighted by Gasteiger charge is -2.15. The normalized spacial score (nSPS) is 20.3. The van der Waals surface area contributed by atoms with E-state index in [1.807, 2.05) is 25.1 Å². The van der Waals surface area contributed by atoms with E-state index in [4.69, 9.17) is 19.9 Å². The van der Waals surface area contributed by atoms with Gasteiger partial charge in [0.15, 0.2) is 11.5 Å². The highest BCUT2D eigenvalue weighted by atomic mass is 16.5. The molecule has 1 aromatic rings. The van der Waals surface area contributed by atoms with E-state index in [9.17, 15) is 0 Å². The minimum Gasteiger partial charge on any atom is -0.493 e. The molecular weight excluding hydrogens is 242 g/mol. The standard InChI is InChI=1S/C15H23NO3/c1-11(16)12-5-6-14(15(10-12)17-2)19-9-7-13-4-3-8-18-13/h5-6,10-11,13H,3-4,7-9,16H2,1-2H3/t11-,13?/m0/s1. The topological polar surface area (TPSA) is 53.7 Å². The quantitative estimate of drug-likeness (QED) is 0.859. The van der Waals surface area contributed by atoms with Gasteiger partial charge >= 0.3 is 0 Å². The number of rotatable bonds is 6. The van der Waals surface area contributed by atoms with Gasteiger partial charge in [-0.1, -0.05) is 6.07 Å². The zero-order valence-corrected chi connectivity index (χ0v) is 11.7. The molecular formula is C15H23NO3. The van der Waals surface area contributed by atoms with Crippen molar-refractivity contribution in [1.29, 1.82) is 0 Å². The van der Waals surface area contributed by atoms with Gasteiger partial charge in [0.1, 0.15) is 0 Å². The first kappa shape index (κ1) is 14.2. The van der Waals surface area contributed by atoms with Crippen molar-refractivity contribution in [3.63, 3.8) is 0 Å². The van der Waals surface area contributed by atoms with Gasteiger partial charge < -0.3 is 19.9 Å². The van der Waals surface area contributed by atoms with Gasteiger partial charge in [0.25, 0.3) is 0 Å². The lowest BCUT2D eigenvalue weighted by Crippen LogP contribution is -2.11. The summed E-state index contributed by atoms with van der Waals surface area (Å²) in [6, 6.07) is 5.84. The van der Waals surface area contributed by atoms with Crippen LogP contribution < -0.4 is 15.2 Å². The molecule has 1 fully saturated rings. The summed E-state index contributed by atoms with van der Waals surface area (Å²) in [6.45, 7) is 3.49. The van der Waals surface area contributed by atoms with E-state index in [-0.39, 0.29) is 6.04 Å². The summed E-state index contributed by atoms with van der Waals surface area (Å²) >= 11 is 0. The van der Waals surface area contributed by atoms with Gasteiger partial charge in [0.05, 0.1) is 19.8 Å². The maximum atomic E-state index is 5.86. The molecule has 1 aliphatic rings. The van der Waals surface area contributed by atoms with Crippen LogP contribution in [-0.4, -0.2) is 26.4 Å². The molecule has 2 atom stereocenters. The van der Waals surface area contributed by atoms with Crippen LogP contribution in [0.4, 0.5) is 0 Å². The van der Waals surface area contributed by atoms with E-state index in [0.717, 1.165) is 42.9 Å². The Morgan fingerprint density at radius 2 is 2.26 bits per heavy atom. The van der Waals surface area contributed by atoms with Crippen molar-refractivity contribution in [3.05, 3.63) is 23.8 Å². The van der Waals surface area contributed by atoms with Gasteiger partial charge in [-0.25, -0.2) is 0 Å². The van der Waals surface area contributed by atoms with Crippen LogP contribution in [0.2, 0.25) is 0 Å². The van der Waals surface area contributed by atoms with Crippen LogP contribution in [-0.2, 0) is 4.74 Å². The van der Waals surface area contributed by atoms with E-state index in [0.29, 0.717) is 12.7 Å². The number of hydrogen-bond donors (Lipinski definition) is 1. The van der Waals surface area contributed by atoms with Crippen molar-refractivity contribution >= 4 is 0 Å². The number of hydrogen-bond acceptors (Lipinski definition) is 4. The highest BCUT2D eigenvalue weighted by molar-refractivity contribution is 5.43. The van der Waals surface area contributed by atoms with Crippen molar-refractivity contribution in [2.24, 2.45) is 5.73 Å². The van der Waals surface area contributed by atoms with E-state index < -0.39 is 0 Å². The maximum Gasteiger partial charge on any atom is 0.161 e. The molecule has 0 saturated carbocycles. The lowest BCUT2D eigenvalue weighted by molar-refractivity contribution is 0.0899. The Labute approximate surface area is 114 Å². The van der Waals surface area contributed by atoms with Gasteiger partial charge in [-0.3, -0.25) is 0 Å². The fraction of sp³-hybridized carbons (Fsp3) is 0.600. The molecule has 0 radical (unpaired) electrons. The number of ether oxygens (including phenoxy) is 3. The van der Waals surface area contributed by atoms with Gasteiger partial charge in [0.2, 0.25) is 0 Å². The lowest BCUT2D eigenvalue weighted by atomic mass is 10.1. The van der Waals surface area contributed by atoms with Crippen molar-refractivity contribution in [2.75, 3.05) is 20.3 Å². The van der Waals surface area contributed by atoms with Gasteiger partial charge in [-0.05, 0) is 37.5 Å². The van der Waals surface area contributed by atoms with Crippen molar-refractivity contribution < 1.29 is 14.2 Å². The first-order chi connectivity index (χ1) is 9.20. The molecule has 0 bridgehead atoms. The molecule has 4 nitrogen and oxygen atoms in total. The third-order valence-corrected chi connectivity index (χ3v) is 3.43. The Kier molecular flexibility index (Phi) is 5.05. The molecule has 0 amide bonds. The largest absolute Gasteiger partial charge is 0.493 e. The summed E-state index contributed by atoms with van der Waals surface area (Å²) in [5.41, 5.74) is 6.90. The summed E-state index contributed by atoms with van der Waals surface area (Å²) in [4.78, 5) is 0. The zero-order chi connectivity index (χ0) is 13.7. The Balaban J connectivity index is 1.91. The number of methoxy groups -OCH3 is 1. The van der Waals surface area contributed by atoms with Crippen LogP contribution in [0.25, 0.3) is 0 Å². The molecule has 1 heterocycles. The second kappa shape index (κ2) is 6.78. The van der Waals surface area contributed by atoms with Crippen LogP contribution in [0, 0.1) is 0 Å². The fourth-order valence-corrected chi connectivity index (χ4v) is 2.26. The first-order valence-corrected chi connectivity index (χ1v) is 6.88. The first-order valence-electron chi connectivity index (χ1n) is 6.88. The van der Waals surface area contributed by atoms with Gasteiger partial charge in [-0.15, -0.1) is 0 Å². The van der Waals surface area contributed by atoms with Crippen molar-refractivity contribution in [2.45, 2.75) is 38.3 Å². The Morgan fingerprint density at radius 3 is 2.89 bits per heavy atom. The molecule has 2 rings (SSSR count). The van der Waals surface area contributed by atoms with E-state index in [1.54, 1.807) is 7.11 Å². The van der Waals surface area contributed by atoms with E-state index in [1.165, 1.54) is 0 Å². The van der Waals surface area contributed by atoms with Crippen LogP contribution in [0.5, 0.6) is 11.5 Å². The highest BCUT2D eigenvalue weighted by Gasteiger charge is 2.15. The monoisotopic (exact) mass is 265 g/mol. The van der Waals surface area contributed by atoms with Crippen molar-refractivity contribution in [3.8, 4) is 11.5 Å². The number of nitrogens with two attached hydrogens (primary N) is 1. The SMILES string of the molecule is COc1cc([C@H](C)N)ccc1OCCC1CCCO1. The summed E-state index contributed by atoms with van der Waals surface area (Å²) < 4.78 is 16.7. The van der Waals surface area contributed by atoms with Gasteiger partial charge in [-0.2, -0.15) is 0 Å². The number of benzene rings is 1. The Bertz CT molecular complexity index is 400. The Morgan fingerprint density at radius 1 is 1.42 bits per heavy atom. The minimum atomic E-state index is -0.00478. The van der Waals surface area contributed by atoms with E-state index >= 15 is 0 Å². The third-order valence-electron chi connectivity index (χ3n) is 3.43. The summed E-state index contributed by atoms with van der Waals surface area (Å²) in [6.07, 6.45) is 3.59. The molecule has 1 unspecified atom stereocenters. The molecule has 1 aliphatic heterocycles. The predicted molar refractivity (Wildman–Crippen MR) is 74.7 cm³/mol. The third kappa shape index (κ3) is 3.85. The molecule has 4 heteroatoms. The molecule has 0 spiro atoms. The van der Waals surface area contributed by atoms with Crippen LogP contribution in [0.3, 0.4) is 0 Å². The van der Waals surface area contributed by atoms with Crippen LogP contribution in [0.1, 0.15) is 37.8 Å². The average Bonchev–Trinajstić information content (AvgIpc) is 2.92. The molecule has 106 valence electrons. The molecule has 1 saturated heterocycles. The molecule has 0 aromatic heterocycles. The molecule has 2 N–H and O–H groups in total. The minimum absolute atomic E-state index is 0.00478. The molecule has 19 heavy (non-hydrogen) atoms. The summed E-state index contributed by atoms with van der Waals surface area (Å²) in [5.74, 6) is 1.51. The molecule has 1 aromatic carbocycles. The van der Waals surface area contributed by atoms with Crippen molar-refractivity contribution in [1.82, 2.24) is 0 Å². The van der Waals surface area contributed by atoms with Crippen LogP contribution in [0.15, 0.2) is 18.2 Å². The fourth-order valence-electron chi connectivity index (χ4n) is 2.26. The summed E-state index contributed by atoms with van der Waals surface area (Å²) in [5, 5.41) is 0. The smallest absolute Gasteiger partial charge is 0.161 e. The zero-order valence-electron chi connectivity index (χ0n) is 11.7. The van der Waals surface area contributed by atoms with Gasteiger partial charge in [0, 0.05) is 19.1 Å². The molecule has 0 aliphatic carbocycles. The predicted octanol–water partition coefficient (Wildman–Crippen LogP) is 2.66. The second-order valence-corrected chi connectivity index (χ2v) is 4.97. The summed E-state index contributed by atoms with van der Waals surface area (Å²) in [7, 11) is 1.65.